The Morgan fingerprint density at radius 1 is 1.15 bits per heavy atom. The second-order valence-electron chi connectivity index (χ2n) is 7.94. The van der Waals surface area contributed by atoms with E-state index < -0.39 is 0 Å². The highest BCUT2D eigenvalue weighted by atomic mass is 32.1. The summed E-state index contributed by atoms with van der Waals surface area (Å²) < 4.78 is 0. The van der Waals surface area contributed by atoms with Crippen LogP contribution in [0.4, 0.5) is 5.69 Å². The van der Waals surface area contributed by atoms with Crippen LogP contribution in [-0.2, 0) is 4.79 Å². The van der Waals surface area contributed by atoms with Gasteiger partial charge in [0.15, 0.2) is 0 Å². The van der Waals surface area contributed by atoms with Crippen molar-refractivity contribution in [1.82, 2.24) is 15.3 Å². The summed E-state index contributed by atoms with van der Waals surface area (Å²) in [4.78, 5) is 32.8. The Hall–Kier alpha value is -4.01. The van der Waals surface area contributed by atoms with Gasteiger partial charge in [0.1, 0.15) is 10.7 Å². The molecule has 0 saturated carbocycles. The summed E-state index contributed by atoms with van der Waals surface area (Å²) in [5.41, 5.74) is 6.78. The molecule has 0 bridgehead atoms. The van der Waals surface area contributed by atoms with Crippen molar-refractivity contribution in [2.24, 2.45) is 0 Å². The molecule has 2 aromatic carbocycles. The molecule has 34 heavy (non-hydrogen) atoms. The normalized spacial score (nSPS) is 13.7. The molecule has 1 aliphatic heterocycles. The van der Waals surface area contributed by atoms with Crippen LogP contribution < -0.4 is 10.6 Å². The van der Waals surface area contributed by atoms with Crippen LogP contribution in [0, 0.1) is 6.92 Å². The van der Waals surface area contributed by atoms with Crippen LogP contribution >= 0.6 is 11.3 Å². The highest BCUT2D eigenvalue weighted by Gasteiger charge is 2.25. The van der Waals surface area contributed by atoms with Gasteiger partial charge in [0.05, 0.1) is 17.9 Å². The third-order valence-corrected chi connectivity index (χ3v) is 6.50. The maximum Gasteiger partial charge on any atom is 0.267 e. The number of rotatable bonds is 6. The van der Waals surface area contributed by atoms with E-state index in [2.05, 4.69) is 15.6 Å². The number of aliphatic hydroxyl groups is 1. The number of nitrogens with zero attached hydrogens (tertiary/aromatic N) is 1. The minimum atomic E-state index is -0.307. The van der Waals surface area contributed by atoms with Crippen LogP contribution in [0.5, 0.6) is 0 Å². The van der Waals surface area contributed by atoms with Crippen LogP contribution in [0.3, 0.4) is 0 Å². The predicted molar refractivity (Wildman–Crippen MR) is 134 cm³/mol. The molecule has 2 aromatic heterocycles. The lowest BCUT2D eigenvalue weighted by atomic mass is 10.0. The lowest BCUT2D eigenvalue weighted by Crippen LogP contribution is -2.26. The molecule has 0 radical (unpaired) electrons. The molecule has 0 aliphatic carbocycles. The largest absolute Gasteiger partial charge is 0.395 e. The predicted octanol–water partition coefficient (Wildman–Crippen LogP) is 4.33. The Bertz CT molecular complexity index is 1420. The highest BCUT2D eigenvalue weighted by molar-refractivity contribution is 7.13. The smallest absolute Gasteiger partial charge is 0.267 e. The summed E-state index contributed by atoms with van der Waals surface area (Å²) in [5, 5.41) is 17.4. The molecule has 5 rings (SSSR count). The number of aryl methyl sites for hydroxylation is 1. The number of hydrogen-bond donors (Lipinski definition) is 4. The van der Waals surface area contributed by atoms with Crippen molar-refractivity contribution < 1.29 is 14.7 Å². The Labute approximate surface area is 200 Å². The molecular formula is C26H22N4O3S. The molecule has 1 aliphatic rings. The number of H-pyrrole nitrogens is 1. The quantitative estimate of drug-likeness (QED) is 0.315. The monoisotopic (exact) mass is 470 g/mol. The van der Waals surface area contributed by atoms with Crippen LogP contribution in [0.25, 0.3) is 33.5 Å². The average Bonchev–Trinajstić information content (AvgIpc) is 3.56. The van der Waals surface area contributed by atoms with Gasteiger partial charge in [-0.05, 0) is 36.8 Å². The molecule has 7 nitrogen and oxygen atoms in total. The second-order valence-corrected chi connectivity index (χ2v) is 8.79. The van der Waals surface area contributed by atoms with E-state index in [0.29, 0.717) is 17.0 Å². The zero-order valence-electron chi connectivity index (χ0n) is 18.4. The summed E-state index contributed by atoms with van der Waals surface area (Å²) in [7, 11) is 0. The van der Waals surface area contributed by atoms with Gasteiger partial charge in [-0.1, -0.05) is 36.4 Å². The van der Waals surface area contributed by atoms with Crippen molar-refractivity contribution in [3.8, 4) is 21.8 Å². The molecule has 170 valence electrons. The summed E-state index contributed by atoms with van der Waals surface area (Å²) in [6, 6.07) is 17.6. The van der Waals surface area contributed by atoms with E-state index in [9.17, 15) is 9.59 Å². The minimum Gasteiger partial charge on any atom is -0.395 e. The summed E-state index contributed by atoms with van der Waals surface area (Å²) in [6.07, 6.45) is 1.76. The van der Waals surface area contributed by atoms with Gasteiger partial charge in [0.2, 0.25) is 0 Å². The Balaban J connectivity index is 1.47. The number of aromatic amines is 1. The van der Waals surface area contributed by atoms with Crippen LogP contribution in [0.1, 0.15) is 27.3 Å². The summed E-state index contributed by atoms with van der Waals surface area (Å²) in [6.45, 7) is 1.91. The van der Waals surface area contributed by atoms with Gasteiger partial charge in [0, 0.05) is 40.0 Å². The molecule has 0 unspecified atom stereocenters. The molecule has 0 spiro atoms. The maximum atomic E-state index is 12.8. The van der Waals surface area contributed by atoms with E-state index in [1.807, 2.05) is 60.8 Å². The number of benzene rings is 2. The minimum absolute atomic E-state index is 0.131. The molecule has 3 heterocycles. The fourth-order valence-corrected chi connectivity index (χ4v) is 4.70. The number of nitrogens with one attached hydrogen (secondary N) is 3. The molecular weight excluding hydrogens is 448 g/mol. The zero-order valence-corrected chi connectivity index (χ0v) is 19.2. The van der Waals surface area contributed by atoms with Crippen LogP contribution in [0.2, 0.25) is 0 Å². The van der Waals surface area contributed by atoms with E-state index in [0.717, 1.165) is 38.6 Å². The number of anilines is 1. The molecule has 0 atom stereocenters. The molecule has 0 saturated heterocycles. The van der Waals surface area contributed by atoms with E-state index in [-0.39, 0.29) is 25.0 Å². The highest BCUT2D eigenvalue weighted by Crippen LogP contribution is 2.37. The Morgan fingerprint density at radius 3 is 2.76 bits per heavy atom. The number of hydrogen-bond acceptors (Lipinski definition) is 5. The van der Waals surface area contributed by atoms with Crippen molar-refractivity contribution in [3.63, 3.8) is 0 Å². The molecule has 4 aromatic rings. The maximum absolute atomic E-state index is 12.8. The van der Waals surface area contributed by atoms with Gasteiger partial charge in [-0.3, -0.25) is 9.59 Å². The van der Waals surface area contributed by atoms with Crippen LogP contribution in [0.15, 0.2) is 60.0 Å². The van der Waals surface area contributed by atoms with E-state index in [1.54, 1.807) is 23.5 Å². The SMILES string of the molecule is Cc1cc(C(=O)NCCO)[nH]c1/C=C1\C(=O)Nc2ccc(-c3csc(-c4ccccc4)n3)cc21. The second kappa shape index (κ2) is 9.09. The van der Waals surface area contributed by atoms with Gasteiger partial charge in [0.25, 0.3) is 11.8 Å². The first-order chi connectivity index (χ1) is 16.5. The molecule has 8 heteroatoms. The van der Waals surface area contributed by atoms with E-state index >= 15 is 0 Å². The fraction of sp³-hybridized carbons (Fsp3) is 0.115. The van der Waals surface area contributed by atoms with Gasteiger partial charge in [-0.25, -0.2) is 4.98 Å². The Kier molecular flexibility index (Phi) is 5.83. The lowest BCUT2D eigenvalue weighted by molar-refractivity contribution is -0.110. The number of carbonyl (C=O) groups excluding carboxylic acids is 2. The van der Waals surface area contributed by atoms with Crippen LogP contribution in [-0.4, -0.2) is 40.0 Å². The lowest BCUT2D eigenvalue weighted by Gasteiger charge is -2.03. The molecule has 0 fully saturated rings. The van der Waals surface area contributed by atoms with Crippen molar-refractivity contribution in [2.45, 2.75) is 6.92 Å². The van der Waals surface area contributed by atoms with Crippen molar-refractivity contribution in [3.05, 3.63) is 82.5 Å². The topological polar surface area (TPSA) is 107 Å². The first-order valence-corrected chi connectivity index (χ1v) is 11.7. The van der Waals surface area contributed by atoms with E-state index in [4.69, 9.17) is 10.1 Å². The van der Waals surface area contributed by atoms with Gasteiger partial charge in [-0.15, -0.1) is 11.3 Å². The molecule has 4 N–H and O–H groups in total. The van der Waals surface area contributed by atoms with Crippen molar-refractivity contribution >= 4 is 40.5 Å². The average molecular weight is 471 g/mol. The number of aliphatic hydroxyl groups excluding tert-OH is 1. The first-order valence-electron chi connectivity index (χ1n) is 10.8. The van der Waals surface area contributed by atoms with Crippen molar-refractivity contribution in [2.75, 3.05) is 18.5 Å². The van der Waals surface area contributed by atoms with E-state index in [1.165, 1.54) is 0 Å². The molecule has 2 amide bonds. The summed E-state index contributed by atoms with van der Waals surface area (Å²) >= 11 is 1.58. The van der Waals surface area contributed by atoms with Gasteiger partial charge >= 0.3 is 0 Å². The van der Waals surface area contributed by atoms with Gasteiger partial charge in [-0.2, -0.15) is 0 Å². The Morgan fingerprint density at radius 2 is 1.97 bits per heavy atom. The number of carbonyl (C=O) groups is 2. The number of fused-ring (bicyclic) bond motifs is 1. The number of aromatic nitrogens is 2. The summed E-state index contributed by atoms with van der Waals surface area (Å²) in [5.74, 6) is -0.506. The third kappa shape index (κ3) is 4.16. The first kappa shape index (κ1) is 21.8. The standard InChI is InChI=1S/C26H22N4O3S/c1-15-11-22(25(33)27-9-10-31)28-21(15)13-19-18-12-17(7-8-20(18)29-24(19)32)23-14-34-26(30-23)16-5-3-2-4-6-16/h2-8,11-14,28,31H,9-10H2,1H3,(H,27,33)(H,29,32)/b19-13-. The zero-order chi connectivity index (χ0) is 23.7. The van der Waals surface area contributed by atoms with Gasteiger partial charge < -0.3 is 20.7 Å². The third-order valence-electron chi connectivity index (χ3n) is 5.61. The van der Waals surface area contributed by atoms with Crippen molar-refractivity contribution in [1.29, 1.82) is 0 Å². The number of amides is 2. The fourth-order valence-electron chi connectivity index (χ4n) is 3.87. The number of thiazole rings is 1.